The van der Waals surface area contributed by atoms with Gasteiger partial charge in [-0.2, -0.15) is 0 Å². The van der Waals surface area contributed by atoms with E-state index in [0.717, 1.165) is 12.3 Å². The van der Waals surface area contributed by atoms with Gasteiger partial charge in [0.1, 0.15) is 0 Å². The molecular formula is C9H13N3. The summed E-state index contributed by atoms with van der Waals surface area (Å²) in [7, 11) is 0. The fourth-order valence-corrected chi connectivity index (χ4v) is 2.51. The smallest absolute Gasteiger partial charge is 0.0925 e. The second-order valence-corrected chi connectivity index (χ2v) is 3.84. The van der Waals surface area contributed by atoms with Crippen LogP contribution in [0.15, 0.2) is 6.33 Å². The Kier molecular flexibility index (Phi) is 1.29. The van der Waals surface area contributed by atoms with Gasteiger partial charge in [0.05, 0.1) is 12.0 Å². The molecule has 1 aliphatic heterocycles. The lowest BCUT2D eigenvalue weighted by atomic mass is 9.81. The Labute approximate surface area is 71.6 Å². The summed E-state index contributed by atoms with van der Waals surface area (Å²) in [6, 6.07) is 0.694. The first-order chi connectivity index (χ1) is 5.93. The van der Waals surface area contributed by atoms with Gasteiger partial charge in [0.15, 0.2) is 0 Å². The van der Waals surface area contributed by atoms with Crippen molar-refractivity contribution in [1.82, 2.24) is 15.3 Å². The van der Waals surface area contributed by atoms with Crippen LogP contribution < -0.4 is 5.32 Å². The minimum Gasteiger partial charge on any atom is -0.348 e. The first-order valence-electron chi connectivity index (χ1n) is 4.69. The summed E-state index contributed by atoms with van der Waals surface area (Å²) in [6.45, 7) is 1.17. The van der Waals surface area contributed by atoms with E-state index in [-0.39, 0.29) is 0 Å². The summed E-state index contributed by atoms with van der Waals surface area (Å²) in [5.41, 5.74) is 2.70. The van der Waals surface area contributed by atoms with Crippen molar-refractivity contribution in [2.24, 2.45) is 0 Å². The Bertz CT molecular complexity index is 292. The second-order valence-electron chi connectivity index (χ2n) is 3.84. The number of hydrogen-bond acceptors (Lipinski definition) is 2. The van der Waals surface area contributed by atoms with Crippen molar-refractivity contribution in [2.45, 2.75) is 31.2 Å². The van der Waals surface area contributed by atoms with Crippen molar-refractivity contribution < 1.29 is 0 Å². The highest BCUT2D eigenvalue weighted by atomic mass is 15.0. The third-order valence-corrected chi connectivity index (χ3v) is 3.09. The molecule has 1 aromatic heterocycles. The zero-order valence-corrected chi connectivity index (χ0v) is 7.01. The number of H-pyrrole nitrogens is 1. The maximum atomic E-state index is 4.34. The van der Waals surface area contributed by atoms with E-state index in [1.165, 1.54) is 30.8 Å². The first kappa shape index (κ1) is 6.66. The van der Waals surface area contributed by atoms with Gasteiger partial charge in [-0.15, -0.1) is 0 Å². The lowest BCUT2D eigenvalue weighted by Crippen LogP contribution is -2.42. The molecule has 64 valence electrons. The van der Waals surface area contributed by atoms with E-state index in [1.54, 1.807) is 0 Å². The van der Waals surface area contributed by atoms with Crippen LogP contribution in [0, 0.1) is 0 Å². The van der Waals surface area contributed by atoms with E-state index >= 15 is 0 Å². The Morgan fingerprint density at radius 3 is 3.50 bits per heavy atom. The average Bonchev–Trinajstić information content (AvgIpc) is 2.53. The highest BCUT2D eigenvalue weighted by molar-refractivity contribution is 5.23. The van der Waals surface area contributed by atoms with Gasteiger partial charge in [0, 0.05) is 24.1 Å². The number of fused-ring (bicyclic) bond motifs is 4. The summed E-state index contributed by atoms with van der Waals surface area (Å²) in [4.78, 5) is 7.62. The maximum absolute atomic E-state index is 4.34. The van der Waals surface area contributed by atoms with Crippen molar-refractivity contribution in [3.05, 3.63) is 17.7 Å². The maximum Gasteiger partial charge on any atom is 0.0925 e. The molecule has 2 aliphatic rings. The summed E-state index contributed by atoms with van der Waals surface area (Å²) in [6.07, 6.45) is 5.53. The topological polar surface area (TPSA) is 40.7 Å². The molecule has 1 aromatic rings. The van der Waals surface area contributed by atoms with Crippen LogP contribution in [-0.2, 0) is 6.42 Å². The third kappa shape index (κ3) is 0.829. The predicted octanol–water partition coefficient (Wildman–Crippen LogP) is 0.801. The van der Waals surface area contributed by atoms with Gasteiger partial charge in [-0.05, 0) is 19.4 Å². The number of aromatic nitrogens is 2. The van der Waals surface area contributed by atoms with Gasteiger partial charge in [-0.1, -0.05) is 0 Å². The minimum absolute atomic E-state index is 0.694. The zero-order valence-electron chi connectivity index (χ0n) is 7.01. The van der Waals surface area contributed by atoms with Crippen LogP contribution in [0.25, 0.3) is 0 Å². The summed E-state index contributed by atoms with van der Waals surface area (Å²) in [5.74, 6) is 0.752. The second kappa shape index (κ2) is 2.33. The Morgan fingerprint density at radius 1 is 1.50 bits per heavy atom. The number of rotatable bonds is 0. The van der Waals surface area contributed by atoms with Crippen molar-refractivity contribution in [1.29, 1.82) is 0 Å². The molecule has 1 aliphatic carbocycles. The van der Waals surface area contributed by atoms with Gasteiger partial charge in [-0.25, -0.2) is 4.98 Å². The lowest BCUT2D eigenvalue weighted by molar-refractivity contribution is 0.333. The van der Waals surface area contributed by atoms with Crippen LogP contribution in [0.1, 0.15) is 30.1 Å². The number of aromatic amines is 1. The summed E-state index contributed by atoms with van der Waals surface area (Å²) < 4.78 is 0. The molecule has 3 rings (SSSR count). The molecule has 3 heteroatoms. The van der Waals surface area contributed by atoms with Gasteiger partial charge < -0.3 is 10.3 Å². The number of nitrogens with one attached hydrogen (secondary N) is 2. The van der Waals surface area contributed by atoms with E-state index in [9.17, 15) is 0 Å². The molecule has 3 nitrogen and oxygen atoms in total. The van der Waals surface area contributed by atoms with E-state index in [0.29, 0.717) is 6.04 Å². The van der Waals surface area contributed by atoms with Crippen LogP contribution in [0.5, 0.6) is 0 Å². The van der Waals surface area contributed by atoms with Crippen LogP contribution in [0.2, 0.25) is 0 Å². The van der Waals surface area contributed by atoms with Crippen molar-refractivity contribution in [3.63, 3.8) is 0 Å². The quantitative estimate of drug-likeness (QED) is 0.594. The monoisotopic (exact) mass is 163 g/mol. The van der Waals surface area contributed by atoms with Crippen LogP contribution in [-0.4, -0.2) is 22.6 Å². The predicted molar refractivity (Wildman–Crippen MR) is 46.1 cm³/mol. The van der Waals surface area contributed by atoms with Crippen molar-refractivity contribution >= 4 is 0 Å². The van der Waals surface area contributed by atoms with Gasteiger partial charge >= 0.3 is 0 Å². The molecule has 0 spiro atoms. The Hall–Kier alpha value is -0.830. The Morgan fingerprint density at radius 2 is 2.50 bits per heavy atom. The van der Waals surface area contributed by atoms with E-state index < -0.39 is 0 Å². The van der Waals surface area contributed by atoms with Crippen LogP contribution in [0.3, 0.4) is 0 Å². The molecule has 1 unspecified atom stereocenters. The van der Waals surface area contributed by atoms with Crippen LogP contribution >= 0.6 is 0 Å². The largest absolute Gasteiger partial charge is 0.348 e. The molecule has 0 saturated carbocycles. The van der Waals surface area contributed by atoms with Gasteiger partial charge in [0.25, 0.3) is 0 Å². The standard InChI is InChI=1S/C9H13N3/c1-2-10-7-3-6(1)9-8(4-7)11-5-12-9/h5-7,10H,1-4H2,(H,11,12)/t6?,7-/m1/s1. The molecule has 0 amide bonds. The van der Waals surface area contributed by atoms with E-state index in [2.05, 4.69) is 15.3 Å². The Balaban J connectivity index is 2.04. The summed E-state index contributed by atoms with van der Waals surface area (Å²) in [5, 5.41) is 3.53. The van der Waals surface area contributed by atoms with E-state index in [4.69, 9.17) is 0 Å². The van der Waals surface area contributed by atoms with Crippen LogP contribution in [0.4, 0.5) is 0 Å². The van der Waals surface area contributed by atoms with E-state index in [1.807, 2.05) is 6.33 Å². The minimum atomic E-state index is 0.694. The highest BCUT2D eigenvalue weighted by Crippen LogP contribution is 2.34. The van der Waals surface area contributed by atoms with Gasteiger partial charge in [0.2, 0.25) is 0 Å². The number of imidazole rings is 1. The average molecular weight is 163 g/mol. The summed E-state index contributed by atoms with van der Waals surface area (Å²) >= 11 is 0. The molecule has 2 N–H and O–H groups in total. The SMILES string of the molecule is c1nc2c([nH]1)C1CCN[C@@H](C2)C1. The molecule has 0 radical (unpaired) electrons. The zero-order chi connectivity index (χ0) is 7.97. The molecule has 2 heterocycles. The fourth-order valence-electron chi connectivity index (χ4n) is 2.51. The molecule has 1 saturated heterocycles. The normalized spacial score (nSPS) is 33.0. The molecule has 0 aromatic carbocycles. The number of nitrogens with zero attached hydrogens (tertiary/aromatic N) is 1. The molecule has 2 bridgehead atoms. The molecule has 2 atom stereocenters. The fraction of sp³-hybridized carbons (Fsp3) is 0.667. The number of piperidine rings is 1. The van der Waals surface area contributed by atoms with Crippen molar-refractivity contribution in [3.8, 4) is 0 Å². The highest BCUT2D eigenvalue weighted by Gasteiger charge is 2.31. The third-order valence-electron chi connectivity index (χ3n) is 3.09. The van der Waals surface area contributed by atoms with Gasteiger partial charge in [-0.3, -0.25) is 0 Å². The number of hydrogen-bond donors (Lipinski definition) is 2. The molecule has 1 fully saturated rings. The lowest BCUT2D eigenvalue weighted by Gasteiger charge is -2.34. The molecule has 12 heavy (non-hydrogen) atoms. The molecular weight excluding hydrogens is 150 g/mol. The van der Waals surface area contributed by atoms with Crippen molar-refractivity contribution in [2.75, 3.05) is 6.54 Å². The first-order valence-corrected chi connectivity index (χ1v) is 4.69.